The number of rotatable bonds is 6. The molecule has 0 bridgehead atoms. The molecule has 4 N–H and O–H groups in total. The lowest BCUT2D eigenvalue weighted by Gasteiger charge is -2.24. The third kappa shape index (κ3) is 4.76. The molecule has 1 aromatic carbocycles. The van der Waals surface area contributed by atoms with Gasteiger partial charge in [0.25, 0.3) is 0 Å². The molecule has 0 saturated heterocycles. The number of nitrogens with one attached hydrogen (secondary N) is 1. The minimum atomic E-state index is -0.617. The second-order valence-corrected chi connectivity index (χ2v) is 5.44. The lowest BCUT2D eigenvalue weighted by molar-refractivity contribution is -0.118. The summed E-state index contributed by atoms with van der Waals surface area (Å²) in [6.45, 7) is 3.75. The van der Waals surface area contributed by atoms with E-state index in [0.717, 1.165) is 10.0 Å². The SMILES string of the molecule is CC(CC(N)=O)NC(C)C(O)c1ccc(Br)cc1. The summed E-state index contributed by atoms with van der Waals surface area (Å²) in [5, 5.41) is 13.3. The highest BCUT2D eigenvalue weighted by Gasteiger charge is 2.18. The van der Waals surface area contributed by atoms with Crippen molar-refractivity contribution in [2.45, 2.75) is 38.5 Å². The summed E-state index contributed by atoms with van der Waals surface area (Å²) in [5.74, 6) is -0.347. The molecular weight excluding hydrogens is 296 g/mol. The van der Waals surface area contributed by atoms with Gasteiger partial charge in [0.1, 0.15) is 0 Å². The number of nitrogens with two attached hydrogens (primary N) is 1. The molecule has 0 radical (unpaired) electrons. The zero-order valence-corrected chi connectivity index (χ0v) is 12.1. The van der Waals surface area contributed by atoms with E-state index in [-0.39, 0.29) is 24.4 Å². The Hall–Kier alpha value is -0.910. The third-order valence-corrected chi connectivity index (χ3v) is 3.27. The van der Waals surface area contributed by atoms with Gasteiger partial charge in [0.05, 0.1) is 6.10 Å². The molecule has 0 heterocycles. The maximum atomic E-state index is 10.8. The average Bonchev–Trinajstić information content (AvgIpc) is 2.27. The van der Waals surface area contributed by atoms with Crippen LogP contribution in [0.2, 0.25) is 0 Å². The van der Waals surface area contributed by atoms with Gasteiger partial charge < -0.3 is 16.2 Å². The Labute approximate surface area is 116 Å². The van der Waals surface area contributed by atoms with Gasteiger partial charge >= 0.3 is 0 Å². The predicted octanol–water partition coefficient (Wildman–Crippen LogP) is 1.72. The van der Waals surface area contributed by atoms with E-state index in [4.69, 9.17) is 5.73 Å². The number of aliphatic hydroxyl groups excluding tert-OH is 1. The number of hydrogen-bond acceptors (Lipinski definition) is 3. The van der Waals surface area contributed by atoms with Crippen molar-refractivity contribution in [3.05, 3.63) is 34.3 Å². The van der Waals surface area contributed by atoms with Crippen molar-refractivity contribution in [3.63, 3.8) is 0 Å². The molecule has 0 aliphatic heterocycles. The van der Waals surface area contributed by atoms with Gasteiger partial charge in [-0.2, -0.15) is 0 Å². The first-order valence-electron chi connectivity index (χ1n) is 5.88. The zero-order valence-electron chi connectivity index (χ0n) is 10.6. The molecule has 0 aliphatic carbocycles. The van der Waals surface area contributed by atoms with Gasteiger partial charge in [-0.3, -0.25) is 4.79 Å². The predicted molar refractivity (Wildman–Crippen MR) is 75.0 cm³/mol. The molecule has 1 amide bonds. The van der Waals surface area contributed by atoms with Gasteiger partial charge in [-0.05, 0) is 31.5 Å². The minimum absolute atomic E-state index is 0.0531. The average molecular weight is 315 g/mol. The van der Waals surface area contributed by atoms with Crippen molar-refractivity contribution < 1.29 is 9.90 Å². The number of hydrogen-bond donors (Lipinski definition) is 3. The van der Waals surface area contributed by atoms with E-state index >= 15 is 0 Å². The molecule has 0 aliphatic rings. The van der Waals surface area contributed by atoms with E-state index in [0.29, 0.717) is 0 Å². The lowest BCUT2D eigenvalue weighted by atomic mass is 10.0. The Balaban J connectivity index is 2.58. The molecular formula is C13H19BrN2O2. The fourth-order valence-electron chi connectivity index (χ4n) is 1.85. The standard InChI is InChI=1S/C13H19BrN2O2/c1-8(7-12(15)17)16-9(2)13(18)10-3-5-11(14)6-4-10/h3-6,8-9,13,16,18H,7H2,1-2H3,(H2,15,17). The summed E-state index contributed by atoms with van der Waals surface area (Å²) in [5.41, 5.74) is 5.96. The van der Waals surface area contributed by atoms with E-state index < -0.39 is 6.10 Å². The number of halogens is 1. The van der Waals surface area contributed by atoms with E-state index in [1.165, 1.54) is 0 Å². The van der Waals surface area contributed by atoms with Crippen LogP contribution in [0.1, 0.15) is 31.9 Å². The van der Waals surface area contributed by atoms with Crippen LogP contribution >= 0.6 is 15.9 Å². The second kappa shape index (κ2) is 6.87. The Morgan fingerprint density at radius 2 is 1.94 bits per heavy atom. The number of benzene rings is 1. The molecule has 0 saturated carbocycles. The molecule has 18 heavy (non-hydrogen) atoms. The number of carbonyl (C=O) groups excluding carboxylic acids is 1. The molecule has 4 nitrogen and oxygen atoms in total. The zero-order chi connectivity index (χ0) is 13.7. The van der Waals surface area contributed by atoms with Gasteiger partial charge in [0, 0.05) is 23.0 Å². The highest BCUT2D eigenvalue weighted by atomic mass is 79.9. The first kappa shape index (κ1) is 15.1. The molecule has 100 valence electrons. The van der Waals surface area contributed by atoms with Crippen LogP contribution in [0.15, 0.2) is 28.7 Å². The normalized spacial score (nSPS) is 16.0. The van der Waals surface area contributed by atoms with Crippen molar-refractivity contribution >= 4 is 21.8 Å². The Morgan fingerprint density at radius 1 is 1.39 bits per heavy atom. The first-order valence-corrected chi connectivity index (χ1v) is 6.67. The quantitative estimate of drug-likeness (QED) is 0.748. The third-order valence-electron chi connectivity index (χ3n) is 2.74. The van der Waals surface area contributed by atoms with Crippen molar-refractivity contribution in [3.8, 4) is 0 Å². The summed E-state index contributed by atoms with van der Waals surface area (Å²) < 4.78 is 0.973. The van der Waals surface area contributed by atoms with Gasteiger partial charge in [0.2, 0.25) is 5.91 Å². The molecule has 5 heteroatoms. The van der Waals surface area contributed by atoms with Crippen LogP contribution in [0.4, 0.5) is 0 Å². The highest BCUT2D eigenvalue weighted by molar-refractivity contribution is 9.10. The molecule has 0 fully saturated rings. The van der Waals surface area contributed by atoms with Crippen LogP contribution in [0.25, 0.3) is 0 Å². The number of carbonyl (C=O) groups is 1. The van der Waals surface area contributed by atoms with E-state index in [1.807, 2.05) is 38.1 Å². The van der Waals surface area contributed by atoms with Crippen LogP contribution < -0.4 is 11.1 Å². The van der Waals surface area contributed by atoms with Crippen molar-refractivity contribution in [2.24, 2.45) is 5.73 Å². The monoisotopic (exact) mass is 314 g/mol. The second-order valence-electron chi connectivity index (χ2n) is 4.52. The fraction of sp³-hybridized carbons (Fsp3) is 0.462. The molecule has 1 rings (SSSR count). The highest BCUT2D eigenvalue weighted by Crippen LogP contribution is 2.19. The van der Waals surface area contributed by atoms with Crippen molar-refractivity contribution in [2.75, 3.05) is 0 Å². The summed E-state index contributed by atoms with van der Waals surface area (Å²) in [4.78, 5) is 10.8. The van der Waals surface area contributed by atoms with Gasteiger partial charge in [0.15, 0.2) is 0 Å². The Kier molecular flexibility index (Phi) is 5.78. The summed E-state index contributed by atoms with van der Waals surface area (Å²) >= 11 is 3.35. The number of primary amides is 1. The lowest BCUT2D eigenvalue weighted by Crippen LogP contribution is -2.40. The molecule has 3 unspecified atom stereocenters. The number of aliphatic hydroxyl groups is 1. The first-order chi connectivity index (χ1) is 8.40. The van der Waals surface area contributed by atoms with Gasteiger partial charge in [-0.1, -0.05) is 28.1 Å². The maximum Gasteiger partial charge on any atom is 0.218 e. The molecule has 3 atom stereocenters. The van der Waals surface area contributed by atoms with Gasteiger partial charge in [-0.15, -0.1) is 0 Å². The Morgan fingerprint density at radius 3 is 2.44 bits per heavy atom. The molecule has 0 spiro atoms. The minimum Gasteiger partial charge on any atom is -0.387 e. The van der Waals surface area contributed by atoms with Gasteiger partial charge in [-0.25, -0.2) is 0 Å². The smallest absolute Gasteiger partial charge is 0.218 e. The van der Waals surface area contributed by atoms with Crippen LogP contribution in [0.3, 0.4) is 0 Å². The van der Waals surface area contributed by atoms with E-state index in [9.17, 15) is 9.90 Å². The Bertz CT molecular complexity index is 394. The van der Waals surface area contributed by atoms with E-state index in [2.05, 4.69) is 21.2 Å². The van der Waals surface area contributed by atoms with Crippen molar-refractivity contribution in [1.29, 1.82) is 0 Å². The van der Waals surface area contributed by atoms with Crippen LogP contribution in [0.5, 0.6) is 0 Å². The maximum absolute atomic E-state index is 10.8. The fourth-order valence-corrected chi connectivity index (χ4v) is 2.11. The van der Waals surface area contributed by atoms with Crippen LogP contribution in [-0.4, -0.2) is 23.1 Å². The van der Waals surface area contributed by atoms with E-state index in [1.54, 1.807) is 0 Å². The summed E-state index contributed by atoms with van der Waals surface area (Å²) in [6.07, 6.45) is -0.356. The molecule has 0 aromatic heterocycles. The van der Waals surface area contributed by atoms with Crippen LogP contribution in [0, 0.1) is 0 Å². The largest absolute Gasteiger partial charge is 0.387 e. The van der Waals surface area contributed by atoms with Crippen LogP contribution in [-0.2, 0) is 4.79 Å². The summed E-state index contributed by atoms with van der Waals surface area (Å²) in [7, 11) is 0. The number of amides is 1. The molecule has 1 aromatic rings. The van der Waals surface area contributed by atoms with Crippen molar-refractivity contribution in [1.82, 2.24) is 5.32 Å². The summed E-state index contributed by atoms with van der Waals surface area (Å²) in [6, 6.07) is 7.30. The topological polar surface area (TPSA) is 75.4 Å².